The molecule has 51 heavy (non-hydrogen) atoms. The Bertz CT molecular complexity index is 2480. The van der Waals surface area contributed by atoms with E-state index in [9.17, 15) is 18.4 Å². The van der Waals surface area contributed by atoms with Crippen molar-refractivity contribution in [3.63, 3.8) is 0 Å². The van der Waals surface area contributed by atoms with Crippen molar-refractivity contribution in [3.05, 3.63) is 134 Å². The van der Waals surface area contributed by atoms with E-state index in [1.165, 1.54) is 36.4 Å². The lowest BCUT2D eigenvalue weighted by atomic mass is 9.76. The van der Waals surface area contributed by atoms with Gasteiger partial charge in [-0.2, -0.15) is 0 Å². The van der Waals surface area contributed by atoms with Crippen molar-refractivity contribution in [3.8, 4) is 0 Å². The highest BCUT2D eigenvalue weighted by Gasteiger charge is 2.51. The zero-order chi connectivity index (χ0) is 35.7. The largest absolute Gasteiger partial charge is 0.494 e. The number of rotatable bonds is 7. The van der Waals surface area contributed by atoms with E-state index in [-0.39, 0.29) is 11.2 Å². The quantitative estimate of drug-likeness (QED) is 0.0991. The van der Waals surface area contributed by atoms with Gasteiger partial charge in [-0.15, -0.1) is 0 Å². The second-order valence-electron chi connectivity index (χ2n) is 14.2. The first-order chi connectivity index (χ1) is 24.3. The molecule has 7 aromatic rings. The van der Waals surface area contributed by atoms with Gasteiger partial charge in [-0.3, -0.25) is 9.97 Å². The number of halogens is 2. The van der Waals surface area contributed by atoms with Gasteiger partial charge in [0.05, 0.1) is 33.0 Å². The molecule has 0 aliphatic carbocycles. The first-order valence-electron chi connectivity index (χ1n) is 16.8. The molecule has 5 heterocycles. The molecule has 0 saturated carbocycles. The van der Waals surface area contributed by atoms with Crippen molar-refractivity contribution >= 4 is 56.3 Å². The predicted molar refractivity (Wildman–Crippen MR) is 192 cm³/mol. The minimum absolute atomic E-state index is 0.285. The maximum absolute atomic E-state index is 14.0. The maximum Gasteiger partial charge on any atom is 0.494 e. The molecule has 3 aromatic carbocycles. The maximum atomic E-state index is 14.0. The molecular formula is C40H33BF2N2O6. The van der Waals surface area contributed by atoms with Gasteiger partial charge in [0.2, 0.25) is 0 Å². The molecule has 0 atom stereocenters. The van der Waals surface area contributed by atoms with Crippen molar-refractivity contribution in [2.45, 2.75) is 64.6 Å². The third kappa shape index (κ3) is 6.10. The molecule has 8 rings (SSSR count). The lowest BCUT2D eigenvalue weighted by molar-refractivity contribution is 0.00578. The van der Waals surface area contributed by atoms with Crippen LogP contribution in [0.15, 0.2) is 97.5 Å². The number of hydrogen-bond donors (Lipinski definition) is 0. The topological polar surface area (TPSA) is 105 Å². The van der Waals surface area contributed by atoms with Crippen LogP contribution in [0.25, 0.3) is 43.7 Å². The van der Waals surface area contributed by atoms with Crippen LogP contribution < -0.4 is 16.7 Å². The monoisotopic (exact) mass is 686 g/mol. The van der Waals surface area contributed by atoms with Gasteiger partial charge in [-0.1, -0.05) is 18.2 Å². The summed E-state index contributed by atoms with van der Waals surface area (Å²) in [6.45, 7) is 8.05. The number of hydrogen-bond acceptors (Lipinski definition) is 8. The van der Waals surface area contributed by atoms with Gasteiger partial charge >= 0.3 is 18.4 Å². The first kappa shape index (κ1) is 32.9. The fraction of sp³-hybridized carbons (Fsp3) is 0.250. The van der Waals surface area contributed by atoms with Crippen LogP contribution in [-0.2, 0) is 35.0 Å². The van der Waals surface area contributed by atoms with Crippen molar-refractivity contribution in [1.82, 2.24) is 9.97 Å². The molecule has 4 aromatic heterocycles. The van der Waals surface area contributed by atoms with Gasteiger partial charge < -0.3 is 18.1 Å². The predicted octanol–water partition coefficient (Wildman–Crippen LogP) is 7.14. The third-order valence-electron chi connectivity index (χ3n) is 10.1. The van der Waals surface area contributed by atoms with Crippen molar-refractivity contribution in [2.75, 3.05) is 0 Å². The molecule has 0 bridgehead atoms. The summed E-state index contributed by atoms with van der Waals surface area (Å²) < 4.78 is 51.8. The summed E-state index contributed by atoms with van der Waals surface area (Å²) in [5, 5.41) is 1.49. The summed E-state index contributed by atoms with van der Waals surface area (Å²) in [5.41, 5.74) is 3.91. The minimum Gasteiger partial charge on any atom is -0.422 e. The highest BCUT2D eigenvalue weighted by molar-refractivity contribution is 6.62. The van der Waals surface area contributed by atoms with Crippen molar-refractivity contribution in [1.29, 1.82) is 0 Å². The average molecular weight is 687 g/mol. The summed E-state index contributed by atoms with van der Waals surface area (Å²) in [6.07, 6.45) is 5.84. The van der Waals surface area contributed by atoms with Crippen molar-refractivity contribution in [2.24, 2.45) is 0 Å². The highest BCUT2D eigenvalue weighted by atomic mass is 19.1. The van der Waals surface area contributed by atoms with E-state index in [0.717, 1.165) is 27.7 Å². The van der Waals surface area contributed by atoms with Gasteiger partial charge in [0.25, 0.3) is 0 Å². The van der Waals surface area contributed by atoms with Gasteiger partial charge in [-0.25, -0.2) is 18.4 Å². The first-order valence-corrected chi connectivity index (χ1v) is 16.8. The number of aryl methyl sites for hydroxylation is 4. The van der Waals surface area contributed by atoms with E-state index >= 15 is 0 Å². The van der Waals surface area contributed by atoms with Crippen LogP contribution in [0.2, 0.25) is 0 Å². The van der Waals surface area contributed by atoms with E-state index in [0.29, 0.717) is 58.3 Å². The molecule has 1 fully saturated rings. The van der Waals surface area contributed by atoms with E-state index in [1.807, 2.05) is 27.7 Å². The molecule has 0 radical (unpaired) electrons. The molecule has 1 aliphatic rings. The molecule has 0 N–H and O–H groups in total. The smallest absolute Gasteiger partial charge is 0.422 e. The number of fused-ring (bicyclic) bond motifs is 6. The van der Waals surface area contributed by atoms with Gasteiger partial charge in [0.15, 0.2) is 0 Å². The molecule has 256 valence electrons. The van der Waals surface area contributed by atoms with E-state index in [2.05, 4.69) is 28.2 Å². The molecule has 0 amide bonds. The number of benzene rings is 3. The Morgan fingerprint density at radius 2 is 1.00 bits per heavy atom. The fourth-order valence-corrected chi connectivity index (χ4v) is 6.66. The molecule has 0 spiro atoms. The molecule has 8 nitrogen and oxygen atoms in total. The number of nitrogens with zero attached hydrogens (tertiary/aromatic N) is 2. The van der Waals surface area contributed by atoms with Crippen LogP contribution in [-0.4, -0.2) is 28.3 Å². The number of pyridine rings is 2. The van der Waals surface area contributed by atoms with Crippen LogP contribution in [0, 0.1) is 11.6 Å². The Hall–Kier alpha value is -5.26. The van der Waals surface area contributed by atoms with E-state index in [1.54, 1.807) is 24.5 Å². The van der Waals surface area contributed by atoms with Gasteiger partial charge in [0.1, 0.15) is 22.8 Å². The zero-order valence-electron chi connectivity index (χ0n) is 28.5. The normalized spacial score (nSPS) is 15.5. The van der Waals surface area contributed by atoms with Crippen LogP contribution in [0.3, 0.4) is 0 Å². The van der Waals surface area contributed by atoms with E-state index < -0.39 is 41.2 Å². The molecule has 1 saturated heterocycles. The fourth-order valence-electron chi connectivity index (χ4n) is 6.66. The average Bonchev–Trinajstić information content (AvgIpc) is 3.33. The summed E-state index contributed by atoms with van der Waals surface area (Å²) in [4.78, 5) is 34.7. The van der Waals surface area contributed by atoms with Crippen LogP contribution in [0.5, 0.6) is 0 Å². The SMILES string of the molecule is CC1(C)OB(c2cc(CCc3cnc4c(c3)c(=O)oc3ccc(F)cc34)cc(CCc3cnc4c(c3)c(=O)oc3ccc(F)cc34)c2)OC1(C)C. The van der Waals surface area contributed by atoms with Crippen molar-refractivity contribution < 1.29 is 26.9 Å². The summed E-state index contributed by atoms with van der Waals surface area (Å²) in [7, 11) is -0.574. The molecule has 11 heteroatoms. The standard InChI is InChI=1S/C40H33BF2N2O6/c1-39(2)40(3,4)51-41(50-39)26-14-22(5-7-24-16-31-35(44-20-24)29-18-27(42)9-11-33(29)48-37(31)46)13-23(15-26)6-8-25-17-32-36(45-21-25)30-19-28(43)10-12-34(30)49-38(32)47/h9-21H,5-8H2,1-4H3. The van der Waals surface area contributed by atoms with E-state index in [4.69, 9.17) is 18.1 Å². The van der Waals surface area contributed by atoms with Crippen LogP contribution in [0.1, 0.15) is 49.9 Å². The van der Waals surface area contributed by atoms with Crippen LogP contribution >= 0.6 is 0 Å². The Kier molecular flexibility index (Phi) is 7.88. The van der Waals surface area contributed by atoms with Gasteiger partial charge in [0, 0.05) is 23.2 Å². The summed E-state index contributed by atoms with van der Waals surface area (Å²) >= 11 is 0. The molecule has 0 unspecified atom stereocenters. The lowest BCUT2D eigenvalue weighted by Crippen LogP contribution is -2.41. The Morgan fingerprint density at radius 3 is 1.45 bits per heavy atom. The highest BCUT2D eigenvalue weighted by Crippen LogP contribution is 2.36. The molecule has 1 aliphatic heterocycles. The minimum atomic E-state index is -0.574. The summed E-state index contributed by atoms with van der Waals surface area (Å²) in [5.74, 6) is -0.872. The Balaban J connectivity index is 1.09. The Morgan fingerprint density at radius 1 is 0.569 bits per heavy atom. The second kappa shape index (κ2) is 12.2. The Labute approximate surface area is 291 Å². The summed E-state index contributed by atoms with van der Waals surface area (Å²) in [6, 6.07) is 17.8. The van der Waals surface area contributed by atoms with Crippen LogP contribution in [0.4, 0.5) is 8.78 Å². The number of aromatic nitrogens is 2. The lowest BCUT2D eigenvalue weighted by Gasteiger charge is -2.32. The zero-order valence-corrected chi connectivity index (χ0v) is 28.5. The second-order valence-corrected chi connectivity index (χ2v) is 14.2. The third-order valence-corrected chi connectivity index (χ3v) is 10.1. The van der Waals surface area contributed by atoms with Gasteiger partial charge in [-0.05, 0) is 130 Å². The molecular weight excluding hydrogens is 653 g/mol.